The van der Waals surface area contributed by atoms with E-state index in [1.165, 1.54) is 22.3 Å². The Morgan fingerprint density at radius 2 is 1.82 bits per heavy atom. The molecular weight excluding hydrogens is 272 g/mol. The Morgan fingerprint density at radius 1 is 1.09 bits per heavy atom. The zero-order valence-electron chi connectivity index (χ0n) is 13.0. The second kappa shape index (κ2) is 6.75. The molecule has 1 heterocycles. The largest absolute Gasteiger partial charge is 0.337 e. The third-order valence-electron chi connectivity index (χ3n) is 4.34. The van der Waals surface area contributed by atoms with Gasteiger partial charge in [0.05, 0.1) is 6.54 Å². The SMILES string of the molecule is Cc1ccccc1CNCC(=O)N1CCc2ccccc2C1. The van der Waals surface area contributed by atoms with Gasteiger partial charge in [0.1, 0.15) is 0 Å². The highest BCUT2D eigenvalue weighted by Crippen LogP contribution is 2.18. The highest BCUT2D eigenvalue weighted by molar-refractivity contribution is 5.78. The summed E-state index contributed by atoms with van der Waals surface area (Å²) >= 11 is 0. The number of rotatable bonds is 4. The third kappa shape index (κ3) is 3.37. The van der Waals surface area contributed by atoms with E-state index in [-0.39, 0.29) is 5.91 Å². The van der Waals surface area contributed by atoms with Crippen molar-refractivity contribution in [1.29, 1.82) is 0 Å². The number of hydrogen-bond acceptors (Lipinski definition) is 2. The van der Waals surface area contributed by atoms with E-state index in [1.807, 2.05) is 23.1 Å². The van der Waals surface area contributed by atoms with E-state index in [0.717, 1.165) is 26.1 Å². The summed E-state index contributed by atoms with van der Waals surface area (Å²) in [5.74, 6) is 0.183. The molecule has 0 atom stereocenters. The minimum absolute atomic E-state index is 0.183. The molecular formula is C19H22N2O. The summed E-state index contributed by atoms with van der Waals surface area (Å²) in [5.41, 5.74) is 5.16. The Kier molecular flexibility index (Phi) is 4.54. The van der Waals surface area contributed by atoms with Crippen LogP contribution in [0.15, 0.2) is 48.5 Å². The van der Waals surface area contributed by atoms with Crippen LogP contribution in [0.1, 0.15) is 22.3 Å². The fraction of sp³-hybridized carbons (Fsp3) is 0.316. The molecule has 3 heteroatoms. The van der Waals surface area contributed by atoms with E-state index in [2.05, 4.69) is 42.6 Å². The molecule has 1 aliphatic rings. The molecule has 0 saturated carbocycles. The molecule has 0 spiro atoms. The lowest BCUT2D eigenvalue weighted by Crippen LogP contribution is -2.41. The van der Waals surface area contributed by atoms with E-state index in [1.54, 1.807) is 0 Å². The fourth-order valence-electron chi connectivity index (χ4n) is 2.93. The van der Waals surface area contributed by atoms with Crippen LogP contribution in [-0.4, -0.2) is 23.9 Å². The topological polar surface area (TPSA) is 32.3 Å². The van der Waals surface area contributed by atoms with Gasteiger partial charge in [-0.3, -0.25) is 4.79 Å². The molecule has 3 nitrogen and oxygen atoms in total. The van der Waals surface area contributed by atoms with E-state index >= 15 is 0 Å². The number of fused-ring (bicyclic) bond motifs is 1. The summed E-state index contributed by atoms with van der Waals surface area (Å²) in [6.45, 7) is 4.79. The van der Waals surface area contributed by atoms with Gasteiger partial charge in [-0.15, -0.1) is 0 Å². The number of hydrogen-bond donors (Lipinski definition) is 1. The Balaban J connectivity index is 1.52. The smallest absolute Gasteiger partial charge is 0.236 e. The number of carbonyl (C=O) groups is 1. The van der Waals surface area contributed by atoms with Gasteiger partial charge in [0, 0.05) is 19.6 Å². The first kappa shape index (κ1) is 14.8. The second-order valence-corrected chi connectivity index (χ2v) is 5.86. The lowest BCUT2D eigenvalue weighted by molar-refractivity contribution is -0.131. The van der Waals surface area contributed by atoms with Gasteiger partial charge in [0.25, 0.3) is 0 Å². The molecule has 0 aromatic heterocycles. The lowest BCUT2D eigenvalue weighted by atomic mass is 10.00. The Labute approximate surface area is 132 Å². The average Bonchev–Trinajstić information content (AvgIpc) is 2.56. The van der Waals surface area contributed by atoms with Crippen molar-refractivity contribution in [3.63, 3.8) is 0 Å². The first-order valence-electron chi connectivity index (χ1n) is 7.84. The van der Waals surface area contributed by atoms with Gasteiger partial charge in [-0.25, -0.2) is 0 Å². The maximum atomic E-state index is 12.3. The number of aryl methyl sites for hydroxylation is 1. The minimum Gasteiger partial charge on any atom is -0.337 e. The molecule has 3 rings (SSSR count). The van der Waals surface area contributed by atoms with Crippen molar-refractivity contribution >= 4 is 5.91 Å². The molecule has 114 valence electrons. The zero-order valence-corrected chi connectivity index (χ0v) is 13.0. The Hall–Kier alpha value is -2.13. The molecule has 1 N–H and O–H groups in total. The van der Waals surface area contributed by atoms with Gasteiger partial charge >= 0.3 is 0 Å². The van der Waals surface area contributed by atoms with Gasteiger partial charge in [-0.2, -0.15) is 0 Å². The van der Waals surface area contributed by atoms with Crippen LogP contribution < -0.4 is 5.32 Å². The van der Waals surface area contributed by atoms with Gasteiger partial charge in [-0.05, 0) is 35.6 Å². The van der Waals surface area contributed by atoms with E-state index < -0.39 is 0 Å². The lowest BCUT2D eigenvalue weighted by Gasteiger charge is -2.29. The van der Waals surface area contributed by atoms with Gasteiger partial charge in [0.2, 0.25) is 5.91 Å². The molecule has 0 saturated heterocycles. The molecule has 0 bridgehead atoms. The fourth-order valence-corrected chi connectivity index (χ4v) is 2.93. The third-order valence-corrected chi connectivity index (χ3v) is 4.34. The highest BCUT2D eigenvalue weighted by Gasteiger charge is 2.19. The standard InChI is InChI=1S/C19H22N2O/c1-15-6-2-3-8-17(15)12-20-13-19(22)21-11-10-16-7-4-5-9-18(16)14-21/h2-9,20H,10-14H2,1H3. The first-order chi connectivity index (χ1) is 10.7. The van der Waals surface area contributed by atoms with Gasteiger partial charge < -0.3 is 10.2 Å². The maximum Gasteiger partial charge on any atom is 0.236 e. The molecule has 0 aliphatic carbocycles. The normalized spacial score (nSPS) is 13.8. The Bertz CT molecular complexity index is 666. The Morgan fingerprint density at radius 3 is 2.64 bits per heavy atom. The highest BCUT2D eigenvalue weighted by atomic mass is 16.2. The number of nitrogens with one attached hydrogen (secondary N) is 1. The second-order valence-electron chi connectivity index (χ2n) is 5.86. The summed E-state index contributed by atoms with van der Waals surface area (Å²) in [6, 6.07) is 16.7. The summed E-state index contributed by atoms with van der Waals surface area (Å²) < 4.78 is 0. The molecule has 1 aliphatic heterocycles. The minimum atomic E-state index is 0.183. The summed E-state index contributed by atoms with van der Waals surface area (Å²) in [7, 11) is 0. The number of nitrogens with zero attached hydrogens (tertiary/aromatic N) is 1. The predicted octanol–water partition coefficient (Wildman–Crippen LogP) is 2.67. The van der Waals surface area contributed by atoms with Crippen LogP contribution >= 0.6 is 0 Å². The summed E-state index contributed by atoms with van der Waals surface area (Å²) in [4.78, 5) is 14.3. The molecule has 1 amide bonds. The van der Waals surface area contributed by atoms with Crippen LogP contribution in [0.4, 0.5) is 0 Å². The number of benzene rings is 2. The quantitative estimate of drug-likeness (QED) is 0.940. The van der Waals surface area contributed by atoms with Crippen LogP contribution in [0.25, 0.3) is 0 Å². The van der Waals surface area contributed by atoms with Crippen LogP contribution in [0, 0.1) is 6.92 Å². The molecule has 0 unspecified atom stereocenters. The van der Waals surface area contributed by atoms with Crippen molar-refractivity contribution in [3.05, 3.63) is 70.8 Å². The molecule has 22 heavy (non-hydrogen) atoms. The molecule has 2 aromatic rings. The van der Waals surface area contributed by atoms with Crippen LogP contribution in [-0.2, 0) is 24.3 Å². The van der Waals surface area contributed by atoms with Gasteiger partial charge in [0.15, 0.2) is 0 Å². The van der Waals surface area contributed by atoms with Crippen molar-refractivity contribution in [3.8, 4) is 0 Å². The van der Waals surface area contributed by atoms with Crippen molar-refractivity contribution in [1.82, 2.24) is 10.2 Å². The van der Waals surface area contributed by atoms with Gasteiger partial charge in [-0.1, -0.05) is 48.5 Å². The summed E-state index contributed by atoms with van der Waals surface area (Å²) in [5, 5.41) is 3.27. The van der Waals surface area contributed by atoms with Crippen LogP contribution in [0.2, 0.25) is 0 Å². The van der Waals surface area contributed by atoms with Crippen molar-refractivity contribution in [2.75, 3.05) is 13.1 Å². The monoisotopic (exact) mass is 294 g/mol. The number of carbonyl (C=O) groups excluding carboxylic acids is 1. The zero-order chi connectivity index (χ0) is 15.4. The first-order valence-corrected chi connectivity index (χ1v) is 7.84. The van der Waals surface area contributed by atoms with Crippen molar-refractivity contribution < 1.29 is 4.79 Å². The van der Waals surface area contributed by atoms with E-state index in [0.29, 0.717) is 6.54 Å². The summed E-state index contributed by atoms with van der Waals surface area (Å²) in [6.07, 6.45) is 0.958. The van der Waals surface area contributed by atoms with Crippen molar-refractivity contribution in [2.24, 2.45) is 0 Å². The van der Waals surface area contributed by atoms with Crippen LogP contribution in [0.5, 0.6) is 0 Å². The maximum absolute atomic E-state index is 12.3. The molecule has 0 radical (unpaired) electrons. The number of amides is 1. The molecule has 0 fully saturated rings. The van der Waals surface area contributed by atoms with E-state index in [4.69, 9.17) is 0 Å². The van der Waals surface area contributed by atoms with Crippen LogP contribution in [0.3, 0.4) is 0 Å². The average molecular weight is 294 g/mol. The predicted molar refractivity (Wildman–Crippen MR) is 88.4 cm³/mol. The van der Waals surface area contributed by atoms with Crippen molar-refractivity contribution in [2.45, 2.75) is 26.4 Å². The molecule has 2 aromatic carbocycles. The van der Waals surface area contributed by atoms with E-state index in [9.17, 15) is 4.79 Å².